The second-order valence-electron chi connectivity index (χ2n) is 3.19. The minimum atomic E-state index is -0.599. The highest BCUT2D eigenvalue weighted by atomic mass is 35.5. The van der Waals surface area contributed by atoms with E-state index in [0.29, 0.717) is 35.3 Å². The number of rotatable bonds is 1. The van der Waals surface area contributed by atoms with Crippen molar-refractivity contribution in [3.8, 4) is 11.5 Å². The van der Waals surface area contributed by atoms with E-state index in [1.54, 1.807) is 19.1 Å². The summed E-state index contributed by atoms with van der Waals surface area (Å²) in [7, 11) is 0. The number of halogens is 1. The summed E-state index contributed by atoms with van der Waals surface area (Å²) in [5.41, 5.74) is 0.663. The zero-order valence-corrected chi connectivity index (χ0v) is 8.54. The van der Waals surface area contributed by atoms with Gasteiger partial charge in [-0.1, -0.05) is 11.6 Å². The maximum Gasteiger partial charge on any atom is 0.162 e. The second-order valence-corrected chi connectivity index (χ2v) is 3.60. The van der Waals surface area contributed by atoms with Gasteiger partial charge in [0.2, 0.25) is 0 Å². The Kier molecular flexibility index (Phi) is 2.52. The van der Waals surface area contributed by atoms with Crippen LogP contribution >= 0.6 is 11.6 Å². The molecule has 1 heterocycles. The predicted molar refractivity (Wildman–Crippen MR) is 53.1 cm³/mol. The fourth-order valence-corrected chi connectivity index (χ4v) is 1.71. The standard InChI is InChI=1S/C10H11ClO3/c1-6(12)7-4-9-10(5-8(7)11)14-3-2-13-9/h4-6,12H,2-3H2,1H3. The van der Waals surface area contributed by atoms with Gasteiger partial charge in [-0.05, 0) is 13.0 Å². The van der Waals surface area contributed by atoms with E-state index in [-0.39, 0.29) is 0 Å². The molecule has 1 atom stereocenters. The third kappa shape index (κ3) is 1.65. The average Bonchev–Trinajstić information content (AvgIpc) is 2.16. The zero-order chi connectivity index (χ0) is 10.1. The van der Waals surface area contributed by atoms with Gasteiger partial charge >= 0.3 is 0 Å². The molecule has 0 aliphatic carbocycles. The van der Waals surface area contributed by atoms with Crippen molar-refractivity contribution in [2.24, 2.45) is 0 Å². The molecule has 1 N–H and O–H groups in total. The molecule has 0 amide bonds. The highest BCUT2D eigenvalue weighted by Gasteiger charge is 2.16. The van der Waals surface area contributed by atoms with Crippen molar-refractivity contribution >= 4 is 11.6 Å². The van der Waals surface area contributed by atoms with E-state index >= 15 is 0 Å². The van der Waals surface area contributed by atoms with Gasteiger partial charge < -0.3 is 14.6 Å². The summed E-state index contributed by atoms with van der Waals surface area (Å²) in [6.45, 7) is 2.74. The molecule has 1 aliphatic heterocycles. The van der Waals surface area contributed by atoms with Crippen LogP contribution in [0.15, 0.2) is 12.1 Å². The summed E-state index contributed by atoms with van der Waals surface area (Å²) in [4.78, 5) is 0. The van der Waals surface area contributed by atoms with Gasteiger partial charge in [-0.2, -0.15) is 0 Å². The smallest absolute Gasteiger partial charge is 0.162 e. The molecule has 4 heteroatoms. The van der Waals surface area contributed by atoms with Crippen molar-refractivity contribution in [2.75, 3.05) is 13.2 Å². The third-order valence-corrected chi connectivity index (χ3v) is 2.44. The van der Waals surface area contributed by atoms with Crippen LogP contribution < -0.4 is 9.47 Å². The Morgan fingerprint density at radius 3 is 2.43 bits per heavy atom. The van der Waals surface area contributed by atoms with Crippen LogP contribution in [0.4, 0.5) is 0 Å². The Hall–Kier alpha value is -0.930. The Balaban J connectivity index is 2.45. The second kappa shape index (κ2) is 3.67. The first kappa shape index (κ1) is 9.62. The number of fused-ring (bicyclic) bond motifs is 1. The summed E-state index contributed by atoms with van der Waals surface area (Å²) in [6.07, 6.45) is -0.599. The molecule has 76 valence electrons. The number of benzene rings is 1. The van der Waals surface area contributed by atoms with E-state index in [1.807, 2.05) is 0 Å². The molecule has 1 unspecified atom stereocenters. The van der Waals surface area contributed by atoms with E-state index in [1.165, 1.54) is 0 Å². The maximum absolute atomic E-state index is 9.43. The van der Waals surface area contributed by atoms with Gasteiger partial charge in [-0.15, -0.1) is 0 Å². The van der Waals surface area contributed by atoms with Crippen molar-refractivity contribution in [1.82, 2.24) is 0 Å². The SMILES string of the molecule is CC(O)c1cc2c(cc1Cl)OCCO2. The van der Waals surface area contributed by atoms with Gasteiger partial charge in [0.05, 0.1) is 11.1 Å². The largest absolute Gasteiger partial charge is 0.486 e. The zero-order valence-electron chi connectivity index (χ0n) is 7.79. The average molecular weight is 215 g/mol. The lowest BCUT2D eigenvalue weighted by molar-refractivity contribution is 0.168. The Bertz CT molecular complexity index is 349. The van der Waals surface area contributed by atoms with Crippen LogP contribution in [0.25, 0.3) is 0 Å². The van der Waals surface area contributed by atoms with Crippen molar-refractivity contribution in [1.29, 1.82) is 0 Å². The normalized spacial score (nSPS) is 16.5. The summed E-state index contributed by atoms with van der Waals surface area (Å²) < 4.78 is 10.7. The maximum atomic E-state index is 9.43. The molecule has 0 saturated carbocycles. The van der Waals surface area contributed by atoms with Gasteiger partial charge in [0.1, 0.15) is 13.2 Å². The lowest BCUT2D eigenvalue weighted by Crippen LogP contribution is -2.15. The molecule has 14 heavy (non-hydrogen) atoms. The van der Waals surface area contributed by atoms with Gasteiger partial charge in [0.15, 0.2) is 11.5 Å². The molecular weight excluding hydrogens is 204 g/mol. The fourth-order valence-electron chi connectivity index (χ4n) is 1.40. The fraction of sp³-hybridized carbons (Fsp3) is 0.400. The molecule has 1 aromatic rings. The van der Waals surface area contributed by atoms with Gasteiger partial charge in [-0.25, -0.2) is 0 Å². The lowest BCUT2D eigenvalue weighted by Gasteiger charge is -2.20. The van der Waals surface area contributed by atoms with Crippen molar-refractivity contribution in [2.45, 2.75) is 13.0 Å². The molecular formula is C10H11ClO3. The first-order valence-electron chi connectivity index (χ1n) is 4.45. The molecule has 3 nitrogen and oxygen atoms in total. The third-order valence-electron chi connectivity index (χ3n) is 2.11. The Morgan fingerprint density at radius 1 is 1.29 bits per heavy atom. The molecule has 2 rings (SSSR count). The van der Waals surface area contributed by atoms with Crippen LogP contribution in [0, 0.1) is 0 Å². The molecule has 0 radical (unpaired) electrons. The molecule has 0 fully saturated rings. The van der Waals surface area contributed by atoms with E-state index in [0.717, 1.165) is 0 Å². The highest BCUT2D eigenvalue weighted by Crippen LogP contribution is 2.37. The first-order valence-corrected chi connectivity index (χ1v) is 4.83. The minimum Gasteiger partial charge on any atom is -0.486 e. The number of hydrogen-bond donors (Lipinski definition) is 1. The summed E-state index contributed by atoms with van der Waals surface area (Å²) in [5.74, 6) is 1.29. The summed E-state index contributed by atoms with van der Waals surface area (Å²) in [6, 6.07) is 3.40. The van der Waals surface area contributed by atoms with Crippen molar-refractivity contribution < 1.29 is 14.6 Å². The van der Waals surface area contributed by atoms with Crippen LogP contribution in [-0.4, -0.2) is 18.3 Å². The van der Waals surface area contributed by atoms with Crippen LogP contribution in [0.1, 0.15) is 18.6 Å². The molecule has 1 aliphatic rings. The van der Waals surface area contributed by atoms with Crippen LogP contribution in [-0.2, 0) is 0 Å². The van der Waals surface area contributed by atoms with Gasteiger partial charge in [0.25, 0.3) is 0 Å². The van der Waals surface area contributed by atoms with E-state index in [9.17, 15) is 5.11 Å². The van der Waals surface area contributed by atoms with E-state index in [2.05, 4.69) is 0 Å². The number of hydrogen-bond acceptors (Lipinski definition) is 3. The van der Waals surface area contributed by atoms with Crippen molar-refractivity contribution in [3.63, 3.8) is 0 Å². The van der Waals surface area contributed by atoms with Crippen LogP contribution in [0.2, 0.25) is 5.02 Å². The highest BCUT2D eigenvalue weighted by molar-refractivity contribution is 6.31. The Morgan fingerprint density at radius 2 is 1.86 bits per heavy atom. The molecule has 1 aromatic carbocycles. The molecule has 0 saturated heterocycles. The number of ether oxygens (including phenoxy) is 2. The van der Waals surface area contributed by atoms with Crippen LogP contribution in [0.3, 0.4) is 0 Å². The van der Waals surface area contributed by atoms with Gasteiger partial charge in [-0.3, -0.25) is 0 Å². The Labute approximate surface area is 87.2 Å². The molecule has 0 bridgehead atoms. The first-order chi connectivity index (χ1) is 6.68. The van der Waals surface area contributed by atoms with Crippen LogP contribution in [0.5, 0.6) is 11.5 Å². The van der Waals surface area contributed by atoms with E-state index in [4.69, 9.17) is 21.1 Å². The minimum absolute atomic E-state index is 0.504. The number of aliphatic hydroxyl groups is 1. The quantitative estimate of drug-likeness (QED) is 0.779. The molecule has 0 aromatic heterocycles. The van der Waals surface area contributed by atoms with E-state index < -0.39 is 6.10 Å². The summed E-state index contributed by atoms with van der Waals surface area (Å²) >= 11 is 5.96. The predicted octanol–water partition coefficient (Wildman–Crippen LogP) is 2.16. The van der Waals surface area contributed by atoms with Crippen molar-refractivity contribution in [3.05, 3.63) is 22.7 Å². The molecule has 0 spiro atoms. The number of aliphatic hydroxyl groups excluding tert-OH is 1. The lowest BCUT2D eigenvalue weighted by atomic mass is 10.1. The topological polar surface area (TPSA) is 38.7 Å². The summed E-state index contributed by atoms with van der Waals surface area (Å²) in [5, 5.41) is 9.93. The monoisotopic (exact) mass is 214 g/mol. The van der Waals surface area contributed by atoms with Gasteiger partial charge in [0, 0.05) is 11.6 Å².